The summed E-state index contributed by atoms with van der Waals surface area (Å²) in [4.78, 5) is 20.8. The quantitative estimate of drug-likeness (QED) is 0.0315. The zero-order valence-electron chi connectivity index (χ0n) is 53.6. The maximum absolute atomic E-state index is 11.0. The molecule has 2 heterocycles. The van der Waals surface area contributed by atoms with Gasteiger partial charge in [0.05, 0.1) is 24.9 Å². The van der Waals surface area contributed by atoms with Crippen LogP contribution in [0.5, 0.6) is 0 Å². The summed E-state index contributed by atoms with van der Waals surface area (Å²) in [5, 5.41) is 35.9. The Morgan fingerprint density at radius 2 is 0.852 bits per heavy atom. The summed E-state index contributed by atoms with van der Waals surface area (Å²) in [6.45, 7) is 24.2. The van der Waals surface area contributed by atoms with Gasteiger partial charge in [0.1, 0.15) is 12.4 Å². The number of hydrogen-bond donors (Lipinski definition) is 5. The SMILES string of the molecule is CCCCCCCCCC[C@@H](C=O)OCc1ccccc1.CCCCCCCCCC[C@H](O)CN1CCN(CCN(C[C@@H](O)CCCCCCCCCC)C[C@@H](O)CCCCCCCCCC)CC1.NCCN1CCNCC1.S.S.S. The Hall–Kier alpha value is -0.460. The second kappa shape index (κ2) is 65.5. The molecule has 0 radical (unpaired) electrons. The van der Waals surface area contributed by atoms with Crippen LogP contribution in [0, 0.1) is 0 Å². The topological polar surface area (TPSA) is 138 Å². The smallest absolute Gasteiger partial charge is 0.148 e. The minimum Gasteiger partial charge on any atom is -0.392 e. The van der Waals surface area contributed by atoms with Crippen molar-refractivity contribution in [2.24, 2.45) is 5.73 Å². The lowest BCUT2D eigenvalue weighted by Crippen LogP contribution is -2.51. The zero-order valence-corrected chi connectivity index (χ0v) is 56.6. The summed E-state index contributed by atoms with van der Waals surface area (Å²) in [5.74, 6) is 0. The van der Waals surface area contributed by atoms with E-state index < -0.39 is 0 Å². The normalized spacial score (nSPS) is 15.5. The van der Waals surface area contributed by atoms with E-state index in [0.29, 0.717) is 19.7 Å². The molecule has 6 N–H and O–H groups in total. The molecule has 1 aromatic carbocycles. The molecule has 11 nitrogen and oxygen atoms in total. The number of carbonyl (C=O) groups is 1. The number of rotatable bonds is 51. The third-order valence-electron chi connectivity index (χ3n) is 16.2. The van der Waals surface area contributed by atoms with Crippen molar-refractivity contribution in [3.8, 4) is 0 Å². The average molecular weight is 1200 g/mol. The number of benzene rings is 1. The molecular formula is C67H138N6O5S3. The number of nitrogens with zero attached hydrogens (tertiary/aromatic N) is 4. The zero-order chi connectivity index (χ0) is 56.6. The van der Waals surface area contributed by atoms with Crippen LogP contribution in [-0.4, -0.2) is 164 Å². The van der Waals surface area contributed by atoms with Crippen LogP contribution in [-0.2, 0) is 16.1 Å². The van der Waals surface area contributed by atoms with Gasteiger partial charge >= 0.3 is 0 Å². The molecule has 0 aliphatic carbocycles. The van der Waals surface area contributed by atoms with E-state index in [4.69, 9.17) is 10.5 Å². The van der Waals surface area contributed by atoms with Crippen molar-refractivity contribution in [3.05, 3.63) is 35.9 Å². The first-order valence-corrected chi connectivity index (χ1v) is 33.7. The van der Waals surface area contributed by atoms with Crippen molar-refractivity contribution < 1.29 is 24.9 Å². The largest absolute Gasteiger partial charge is 0.392 e. The minimum absolute atomic E-state index is 0. The van der Waals surface area contributed by atoms with E-state index in [1.165, 1.54) is 180 Å². The first-order chi connectivity index (χ1) is 38.3. The number of aliphatic hydroxyl groups excluding tert-OH is 3. The van der Waals surface area contributed by atoms with Gasteiger partial charge in [-0.1, -0.05) is 263 Å². The highest BCUT2D eigenvalue weighted by molar-refractivity contribution is 7.59. The second-order valence-corrected chi connectivity index (χ2v) is 23.8. The second-order valence-electron chi connectivity index (χ2n) is 23.8. The highest BCUT2D eigenvalue weighted by Crippen LogP contribution is 2.17. The van der Waals surface area contributed by atoms with Gasteiger partial charge < -0.3 is 35.9 Å². The van der Waals surface area contributed by atoms with Crippen LogP contribution in [0.15, 0.2) is 30.3 Å². The van der Waals surface area contributed by atoms with Crippen molar-refractivity contribution in [1.82, 2.24) is 24.9 Å². The summed E-state index contributed by atoms with van der Waals surface area (Å²) in [6.07, 6.45) is 44.9. The van der Waals surface area contributed by atoms with Gasteiger partial charge in [-0.05, 0) is 31.2 Å². The van der Waals surface area contributed by atoms with E-state index >= 15 is 0 Å². The fourth-order valence-corrected chi connectivity index (χ4v) is 11.0. The van der Waals surface area contributed by atoms with E-state index in [0.717, 1.165) is 148 Å². The number of ether oxygens (including phenoxy) is 1. The lowest BCUT2D eigenvalue weighted by Gasteiger charge is -2.37. The number of β-amino-alcohol motifs (C(OH)–C–C–N with tert-alkyl or cyclic N) is 1. The van der Waals surface area contributed by atoms with Gasteiger partial charge in [-0.15, -0.1) is 0 Å². The van der Waals surface area contributed by atoms with Gasteiger partial charge in [0.15, 0.2) is 0 Å². The van der Waals surface area contributed by atoms with E-state index in [-0.39, 0.29) is 64.9 Å². The Morgan fingerprint density at radius 1 is 0.494 bits per heavy atom. The number of aliphatic hydroxyl groups is 3. The van der Waals surface area contributed by atoms with Gasteiger partial charge in [-0.3, -0.25) is 19.6 Å². The van der Waals surface area contributed by atoms with Crippen LogP contribution in [0.1, 0.15) is 264 Å². The Labute approximate surface area is 523 Å². The van der Waals surface area contributed by atoms with Gasteiger partial charge in [0.2, 0.25) is 0 Å². The van der Waals surface area contributed by atoms with Crippen LogP contribution < -0.4 is 11.1 Å². The van der Waals surface area contributed by atoms with Crippen LogP contribution in [0.3, 0.4) is 0 Å². The van der Waals surface area contributed by atoms with Crippen molar-refractivity contribution in [3.63, 3.8) is 0 Å². The molecule has 0 aromatic heterocycles. The van der Waals surface area contributed by atoms with E-state index in [9.17, 15) is 20.1 Å². The lowest BCUT2D eigenvalue weighted by atomic mass is 10.0. The minimum atomic E-state index is -0.306. The van der Waals surface area contributed by atoms with Gasteiger partial charge in [0, 0.05) is 98.2 Å². The van der Waals surface area contributed by atoms with Gasteiger partial charge in [0.25, 0.3) is 0 Å². The molecule has 0 unspecified atom stereocenters. The van der Waals surface area contributed by atoms with E-state index in [1.807, 2.05) is 30.3 Å². The molecule has 3 rings (SSSR count). The van der Waals surface area contributed by atoms with Gasteiger partial charge in [-0.2, -0.15) is 40.5 Å². The summed E-state index contributed by atoms with van der Waals surface area (Å²) < 4.78 is 5.67. The maximum atomic E-state index is 11.0. The van der Waals surface area contributed by atoms with Gasteiger partial charge in [-0.25, -0.2) is 0 Å². The van der Waals surface area contributed by atoms with E-state index in [1.54, 1.807) is 0 Å². The fraction of sp³-hybridized carbons (Fsp3) is 0.896. The summed E-state index contributed by atoms with van der Waals surface area (Å²) in [5.41, 5.74) is 6.52. The molecule has 2 aliphatic rings. The van der Waals surface area contributed by atoms with Crippen molar-refractivity contribution >= 4 is 46.8 Å². The lowest BCUT2D eigenvalue weighted by molar-refractivity contribution is -0.119. The summed E-state index contributed by atoms with van der Waals surface area (Å²) >= 11 is 0. The summed E-state index contributed by atoms with van der Waals surface area (Å²) in [7, 11) is 0. The molecule has 81 heavy (non-hydrogen) atoms. The predicted octanol–water partition coefficient (Wildman–Crippen LogP) is 14.1. The summed E-state index contributed by atoms with van der Waals surface area (Å²) in [6, 6.07) is 10.0. The molecule has 1 aromatic rings. The Kier molecular flexibility index (Phi) is 68.5. The number of hydrogen-bond acceptors (Lipinski definition) is 11. The molecule has 14 heteroatoms. The number of carbonyl (C=O) groups excluding carboxylic acids is 1. The van der Waals surface area contributed by atoms with Crippen molar-refractivity contribution in [2.75, 3.05) is 98.2 Å². The highest BCUT2D eigenvalue weighted by Gasteiger charge is 2.22. The molecule has 4 atom stereocenters. The molecular weight excluding hydrogens is 1060 g/mol. The Bertz CT molecular complexity index is 1320. The number of nitrogens with one attached hydrogen (secondary N) is 1. The third kappa shape index (κ3) is 55.8. The van der Waals surface area contributed by atoms with Crippen LogP contribution in [0.4, 0.5) is 0 Å². The monoisotopic (exact) mass is 1200 g/mol. The molecule has 0 bridgehead atoms. The molecule has 2 fully saturated rings. The maximum Gasteiger partial charge on any atom is 0.148 e. The fourth-order valence-electron chi connectivity index (χ4n) is 11.0. The third-order valence-corrected chi connectivity index (χ3v) is 16.2. The van der Waals surface area contributed by atoms with E-state index in [2.05, 4.69) is 52.6 Å². The average Bonchev–Trinajstić information content (AvgIpc) is 3.45. The van der Waals surface area contributed by atoms with Crippen molar-refractivity contribution in [1.29, 1.82) is 0 Å². The molecule has 2 aliphatic heterocycles. The first kappa shape index (κ1) is 84.7. The molecule has 0 spiro atoms. The number of unbranched alkanes of at least 4 members (excludes halogenated alkanes) is 28. The molecule has 2 saturated heterocycles. The van der Waals surface area contributed by atoms with Crippen molar-refractivity contribution in [2.45, 2.75) is 290 Å². The number of nitrogens with two attached hydrogens (primary N) is 1. The van der Waals surface area contributed by atoms with Crippen LogP contribution in [0.25, 0.3) is 0 Å². The molecule has 0 saturated carbocycles. The predicted molar refractivity (Wildman–Crippen MR) is 367 cm³/mol. The molecule has 484 valence electrons. The first-order valence-electron chi connectivity index (χ1n) is 33.7. The Morgan fingerprint density at radius 3 is 1.25 bits per heavy atom. The number of aldehydes is 1. The molecule has 0 amide bonds. The van der Waals surface area contributed by atoms with Crippen LogP contribution >= 0.6 is 40.5 Å². The number of piperazine rings is 2. The highest BCUT2D eigenvalue weighted by atomic mass is 32.1. The standard InChI is InChI=1S/C42H87N3O3.C19H30O2.C6H15N3.3H2S/c1-4-7-10-13-16-19-22-25-28-40(46)37-44-34-31-43(32-35-44)33-36-45(38-41(47)29-26-23-20-17-14-11-8-5-2)39-42(48)30-27-24-21-18-15-12-9-6-3;1-2-3-4-5-6-7-8-12-15-19(16-20)21-17-18-13-10-9-11-14-18;7-1-4-9-5-2-8-3-6-9;;;/h40-42,46-48H,4-39H2,1-3H3;9-11,13-14,16,19H,2-8,12,15,17H2,1H3;8H,1-7H2;3*1H2/t40-,41-,42-;19-;;;;/m00..../s1. The van der Waals surface area contributed by atoms with Crippen LogP contribution in [0.2, 0.25) is 0 Å². The Balaban J connectivity index is -0.00000151.